The highest BCUT2D eigenvalue weighted by Gasteiger charge is 2.45. The first-order valence-electron chi connectivity index (χ1n) is 10.4. The van der Waals surface area contributed by atoms with E-state index in [1.807, 2.05) is 0 Å². The second-order valence-corrected chi connectivity index (χ2v) is 10.1. The third-order valence-corrected chi connectivity index (χ3v) is 6.93. The molecule has 176 valence electrons. The number of amides is 2. The van der Waals surface area contributed by atoms with E-state index >= 15 is 0 Å². The SMILES string of the molecule is CNS(=O)(=O)c1ccc(CCC(=O)OC(C)C(=O)N2c3ccccc3NC(=O)C2(C)C)cc1. The van der Waals surface area contributed by atoms with Crippen LogP contribution in [0.2, 0.25) is 0 Å². The summed E-state index contributed by atoms with van der Waals surface area (Å²) < 4.78 is 31.2. The number of hydrogen-bond donors (Lipinski definition) is 2. The van der Waals surface area contributed by atoms with Crippen LogP contribution in [0.5, 0.6) is 0 Å². The molecule has 3 rings (SSSR count). The van der Waals surface area contributed by atoms with Crippen molar-refractivity contribution in [2.24, 2.45) is 0 Å². The van der Waals surface area contributed by atoms with E-state index in [1.54, 1.807) is 50.2 Å². The molecule has 0 bridgehead atoms. The summed E-state index contributed by atoms with van der Waals surface area (Å²) in [5.41, 5.74) is 0.634. The highest BCUT2D eigenvalue weighted by molar-refractivity contribution is 7.89. The quantitative estimate of drug-likeness (QED) is 0.595. The number of hydrogen-bond acceptors (Lipinski definition) is 6. The first kappa shape index (κ1) is 24.4. The van der Waals surface area contributed by atoms with Crippen LogP contribution in [0.15, 0.2) is 53.4 Å². The largest absolute Gasteiger partial charge is 0.453 e. The summed E-state index contributed by atoms with van der Waals surface area (Å²) in [6.07, 6.45) is -0.769. The highest BCUT2D eigenvalue weighted by Crippen LogP contribution is 2.37. The molecule has 1 aliphatic heterocycles. The fourth-order valence-corrected chi connectivity index (χ4v) is 4.26. The van der Waals surface area contributed by atoms with Gasteiger partial charge in [0.05, 0.1) is 16.3 Å². The van der Waals surface area contributed by atoms with Gasteiger partial charge < -0.3 is 10.1 Å². The number of aryl methyl sites for hydroxylation is 1. The van der Waals surface area contributed by atoms with E-state index in [0.717, 1.165) is 5.56 Å². The van der Waals surface area contributed by atoms with Crippen LogP contribution in [0.3, 0.4) is 0 Å². The molecule has 0 aromatic heterocycles. The Labute approximate surface area is 193 Å². The number of carbonyl (C=O) groups is 3. The van der Waals surface area contributed by atoms with Crippen LogP contribution in [-0.4, -0.2) is 44.9 Å². The molecular weight excluding hydrogens is 446 g/mol. The minimum absolute atomic E-state index is 0.0101. The highest BCUT2D eigenvalue weighted by atomic mass is 32.2. The summed E-state index contributed by atoms with van der Waals surface area (Å²) >= 11 is 0. The van der Waals surface area contributed by atoms with Gasteiger partial charge in [-0.25, -0.2) is 13.1 Å². The maximum absolute atomic E-state index is 13.2. The van der Waals surface area contributed by atoms with Crippen LogP contribution in [0, 0.1) is 0 Å². The smallest absolute Gasteiger partial charge is 0.306 e. The normalized spacial score (nSPS) is 15.9. The Morgan fingerprint density at radius 2 is 1.76 bits per heavy atom. The van der Waals surface area contributed by atoms with E-state index in [-0.39, 0.29) is 17.2 Å². The lowest BCUT2D eigenvalue weighted by molar-refractivity contribution is -0.154. The van der Waals surface area contributed by atoms with Crippen molar-refractivity contribution in [3.8, 4) is 0 Å². The van der Waals surface area contributed by atoms with Crippen LogP contribution < -0.4 is 14.9 Å². The molecule has 9 nitrogen and oxygen atoms in total. The Balaban J connectivity index is 1.65. The lowest BCUT2D eigenvalue weighted by atomic mass is 9.95. The van der Waals surface area contributed by atoms with E-state index in [2.05, 4.69) is 10.0 Å². The number of fused-ring (bicyclic) bond motifs is 1. The molecule has 0 radical (unpaired) electrons. The van der Waals surface area contributed by atoms with Crippen molar-refractivity contribution < 1.29 is 27.5 Å². The number of nitrogens with one attached hydrogen (secondary N) is 2. The molecule has 33 heavy (non-hydrogen) atoms. The van der Waals surface area contributed by atoms with Crippen LogP contribution in [0.25, 0.3) is 0 Å². The first-order valence-corrected chi connectivity index (χ1v) is 11.9. The van der Waals surface area contributed by atoms with Crippen molar-refractivity contribution in [1.82, 2.24) is 4.72 Å². The van der Waals surface area contributed by atoms with Crippen molar-refractivity contribution in [3.05, 3.63) is 54.1 Å². The van der Waals surface area contributed by atoms with E-state index in [9.17, 15) is 22.8 Å². The van der Waals surface area contributed by atoms with Gasteiger partial charge in [-0.15, -0.1) is 0 Å². The maximum atomic E-state index is 13.2. The minimum atomic E-state index is -3.53. The van der Waals surface area contributed by atoms with Gasteiger partial charge in [-0.1, -0.05) is 24.3 Å². The van der Waals surface area contributed by atoms with E-state index in [4.69, 9.17) is 4.74 Å². The molecule has 1 heterocycles. The van der Waals surface area contributed by atoms with Crippen molar-refractivity contribution in [3.63, 3.8) is 0 Å². The van der Waals surface area contributed by atoms with Crippen molar-refractivity contribution in [1.29, 1.82) is 0 Å². The fourth-order valence-electron chi connectivity index (χ4n) is 3.53. The lowest BCUT2D eigenvalue weighted by Gasteiger charge is -2.42. The predicted molar refractivity (Wildman–Crippen MR) is 123 cm³/mol. The summed E-state index contributed by atoms with van der Waals surface area (Å²) in [5, 5.41) is 2.79. The van der Waals surface area contributed by atoms with Gasteiger partial charge in [0.15, 0.2) is 6.10 Å². The van der Waals surface area contributed by atoms with Crippen molar-refractivity contribution in [2.45, 2.75) is 50.2 Å². The van der Waals surface area contributed by atoms with Gasteiger partial charge >= 0.3 is 5.97 Å². The van der Waals surface area contributed by atoms with Crippen molar-refractivity contribution in [2.75, 3.05) is 17.3 Å². The zero-order valence-electron chi connectivity index (χ0n) is 18.9. The average Bonchev–Trinajstić information content (AvgIpc) is 2.78. The number of rotatable bonds is 7. The molecule has 0 spiro atoms. The number of carbonyl (C=O) groups excluding carboxylic acids is 3. The van der Waals surface area contributed by atoms with Gasteiger partial charge in [-0.05, 0) is 64.1 Å². The minimum Gasteiger partial charge on any atom is -0.453 e. The number of nitrogens with zero attached hydrogens (tertiary/aromatic N) is 1. The second kappa shape index (κ2) is 9.32. The molecule has 2 N–H and O–H groups in total. The van der Waals surface area contributed by atoms with Gasteiger partial charge in [-0.3, -0.25) is 19.3 Å². The molecule has 2 amide bonds. The number of benzene rings is 2. The van der Waals surface area contributed by atoms with Gasteiger partial charge in [0.25, 0.3) is 5.91 Å². The molecule has 10 heteroatoms. The number of para-hydroxylation sites is 2. The molecule has 2 aromatic rings. The molecule has 1 aliphatic rings. The molecular formula is C23H27N3O6S. The molecule has 2 aromatic carbocycles. The molecule has 1 atom stereocenters. The molecule has 0 saturated carbocycles. The average molecular weight is 474 g/mol. The summed E-state index contributed by atoms with van der Waals surface area (Å²) in [6, 6.07) is 13.1. The van der Waals surface area contributed by atoms with Crippen LogP contribution in [0.4, 0.5) is 11.4 Å². The molecule has 1 unspecified atom stereocenters. The van der Waals surface area contributed by atoms with Crippen LogP contribution >= 0.6 is 0 Å². The first-order chi connectivity index (χ1) is 15.5. The number of sulfonamides is 1. The van der Waals surface area contributed by atoms with Gasteiger partial charge in [0, 0.05) is 6.42 Å². The Morgan fingerprint density at radius 1 is 1.12 bits per heavy atom. The monoisotopic (exact) mass is 473 g/mol. The van der Waals surface area contributed by atoms with Gasteiger partial charge in [0.2, 0.25) is 15.9 Å². The van der Waals surface area contributed by atoms with Crippen LogP contribution in [-0.2, 0) is 35.6 Å². The Morgan fingerprint density at radius 3 is 2.39 bits per heavy atom. The zero-order chi connectivity index (χ0) is 24.4. The second-order valence-electron chi connectivity index (χ2n) is 8.19. The predicted octanol–water partition coefficient (Wildman–Crippen LogP) is 2.22. The number of esters is 1. The van der Waals surface area contributed by atoms with E-state index in [1.165, 1.54) is 31.0 Å². The maximum Gasteiger partial charge on any atom is 0.306 e. The van der Waals surface area contributed by atoms with E-state index in [0.29, 0.717) is 17.8 Å². The molecule has 0 saturated heterocycles. The summed E-state index contributed by atoms with van der Waals surface area (Å²) in [7, 11) is -2.20. The van der Waals surface area contributed by atoms with Gasteiger partial charge in [-0.2, -0.15) is 0 Å². The molecule has 0 fully saturated rings. The Bertz CT molecular complexity index is 1170. The Kier molecular flexibility index (Phi) is 6.89. The molecule has 0 aliphatic carbocycles. The van der Waals surface area contributed by atoms with Crippen LogP contribution in [0.1, 0.15) is 32.8 Å². The third kappa shape index (κ3) is 5.07. The zero-order valence-corrected chi connectivity index (χ0v) is 19.7. The van der Waals surface area contributed by atoms with E-state index < -0.39 is 33.5 Å². The number of anilines is 2. The Hall–Kier alpha value is -3.24. The summed E-state index contributed by atoms with van der Waals surface area (Å²) in [5.74, 6) is -1.41. The number of ether oxygens (including phenoxy) is 1. The summed E-state index contributed by atoms with van der Waals surface area (Å²) in [4.78, 5) is 39.6. The van der Waals surface area contributed by atoms with Crippen molar-refractivity contribution >= 4 is 39.2 Å². The lowest BCUT2D eigenvalue weighted by Crippen LogP contribution is -2.60. The standard InChI is InChI=1S/C23H27N3O6S/c1-15(21(28)26-19-8-6-5-7-18(19)25-22(29)23(26,2)3)32-20(27)14-11-16-9-12-17(13-10-16)33(30,31)24-4/h5-10,12-13,15,24H,11,14H2,1-4H3,(H,25,29). The topological polar surface area (TPSA) is 122 Å². The fraction of sp³-hybridized carbons (Fsp3) is 0.348. The van der Waals surface area contributed by atoms with Gasteiger partial charge in [0.1, 0.15) is 5.54 Å². The summed E-state index contributed by atoms with van der Waals surface area (Å²) in [6.45, 7) is 4.73. The third-order valence-electron chi connectivity index (χ3n) is 5.50.